The lowest BCUT2D eigenvalue weighted by Crippen LogP contribution is -2.08. The summed E-state index contributed by atoms with van der Waals surface area (Å²) in [4.78, 5) is 0. The van der Waals surface area contributed by atoms with Gasteiger partial charge in [0, 0.05) is 18.6 Å². The van der Waals surface area contributed by atoms with E-state index in [4.69, 9.17) is 4.74 Å². The molecule has 1 atom stereocenters. The normalized spacial score (nSPS) is 25.8. The second kappa shape index (κ2) is 5.92. The van der Waals surface area contributed by atoms with Gasteiger partial charge in [-0.25, -0.2) is 0 Å². The van der Waals surface area contributed by atoms with Gasteiger partial charge in [0.2, 0.25) is 0 Å². The van der Waals surface area contributed by atoms with Crippen LogP contribution in [0, 0.1) is 17.8 Å². The Bertz CT molecular complexity index is 334. The molecule has 0 bridgehead atoms. The first-order chi connectivity index (χ1) is 7.88. The van der Waals surface area contributed by atoms with E-state index in [-0.39, 0.29) is 6.10 Å². The van der Waals surface area contributed by atoms with E-state index >= 15 is 0 Å². The van der Waals surface area contributed by atoms with Gasteiger partial charge in [0.05, 0.1) is 6.10 Å². The molecule has 0 amide bonds. The summed E-state index contributed by atoms with van der Waals surface area (Å²) in [7, 11) is 1.76. The Hall–Kier alpha value is -1.00. The smallest absolute Gasteiger partial charge is 0.0801 e. The molecule has 1 nitrogen and oxygen atoms in total. The number of rotatable bonds is 1. The van der Waals surface area contributed by atoms with Gasteiger partial charge in [0.25, 0.3) is 0 Å². The van der Waals surface area contributed by atoms with Crippen LogP contribution in [0.15, 0.2) is 23.8 Å². The van der Waals surface area contributed by atoms with E-state index in [2.05, 4.69) is 30.1 Å². The molecule has 0 saturated heterocycles. The fourth-order valence-electron chi connectivity index (χ4n) is 2.33. The summed E-state index contributed by atoms with van der Waals surface area (Å²) < 4.78 is 5.32. The van der Waals surface area contributed by atoms with Gasteiger partial charge in [0.15, 0.2) is 0 Å². The molecule has 16 heavy (non-hydrogen) atoms. The zero-order chi connectivity index (χ0) is 11.2. The van der Waals surface area contributed by atoms with Gasteiger partial charge in [-0.3, -0.25) is 0 Å². The van der Waals surface area contributed by atoms with E-state index in [1.807, 2.05) is 0 Å². The third-order valence-corrected chi connectivity index (χ3v) is 3.36. The highest BCUT2D eigenvalue weighted by Crippen LogP contribution is 2.23. The summed E-state index contributed by atoms with van der Waals surface area (Å²) >= 11 is 0. The molecule has 0 radical (unpaired) electrons. The fraction of sp³-hybridized carbons (Fsp3) is 0.600. The molecular weight excluding hydrogens is 196 g/mol. The van der Waals surface area contributed by atoms with Gasteiger partial charge in [-0.05, 0) is 25.3 Å². The van der Waals surface area contributed by atoms with Crippen LogP contribution in [-0.4, -0.2) is 13.2 Å². The van der Waals surface area contributed by atoms with Crippen LogP contribution in [0.1, 0.15) is 38.5 Å². The van der Waals surface area contributed by atoms with Gasteiger partial charge in [-0.15, -0.1) is 0 Å². The van der Waals surface area contributed by atoms with Crippen molar-refractivity contribution in [3.8, 4) is 11.8 Å². The fourth-order valence-corrected chi connectivity index (χ4v) is 2.33. The van der Waals surface area contributed by atoms with E-state index in [1.54, 1.807) is 7.11 Å². The van der Waals surface area contributed by atoms with Crippen molar-refractivity contribution in [2.24, 2.45) is 5.92 Å². The maximum absolute atomic E-state index is 5.32. The van der Waals surface area contributed by atoms with Crippen LogP contribution in [0.4, 0.5) is 0 Å². The molecule has 2 aliphatic rings. The standard InChI is InChI=1S/C15H20O/c1-16-15-9-5-8-14(12-15)11-10-13-6-3-2-4-7-13/h5,8,12-13,15H,2-4,6-7,9H2,1H3. The number of hydrogen-bond acceptors (Lipinski definition) is 1. The summed E-state index contributed by atoms with van der Waals surface area (Å²) in [5.74, 6) is 7.34. The molecule has 1 heteroatoms. The molecule has 0 aromatic carbocycles. The highest BCUT2D eigenvalue weighted by Gasteiger charge is 2.10. The molecule has 0 N–H and O–H groups in total. The van der Waals surface area contributed by atoms with Crippen molar-refractivity contribution in [2.45, 2.75) is 44.6 Å². The zero-order valence-electron chi connectivity index (χ0n) is 10.0. The minimum atomic E-state index is 0.223. The number of methoxy groups -OCH3 is 1. The van der Waals surface area contributed by atoms with E-state index in [9.17, 15) is 0 Å². The van der Waals surface area contributed by atoms with Crippen molar-refractivity contribution < 1.29 is 4.74 Å². The number of hydrogen-bond donors (Lipinski definition) is 0. The SMILES string of the molecule is COC1C=C(C#CC2CCCCC2)C=CC1. The third kappa shape index (κ3) is 3.25. The Morgan fingerprint density at radius 1 is 1.25 bits per heavy atom. The highest BCUT2D eigenvalue weighted by atomic mass is 16.5. The first kappa shape index (κ1) is 11.5. The van der Waals surface area contributed by atoms with Crippen LogP contribution >= 0.6 is 0 Å². The van der Waals surface area contributed by atoms with Crippen molar-refractivity contribution in [1.29, 1.82) is 0 Å². The Morgan fingerprint density at radius 3 is 2.81 bits per heavy atom. The van der Waals surface area contributed by atoms with Crippen molar-refractivity contribution in [3.05, 3.63) is 23.8 Å². The van der Waals surface area contributed by atoms with Crippen LogP contribution in [0.3, 0.4) is 0 Å². The molecule has 0 spiro atoms. The molecule has 1 saturated carbocycles. The Labute approximate surface area is 98.6 Å². The topological polar surface area (TPSA) is 9.23 Å². The van der Waals surface area contributed by atoms with E-state index < -0.39 is 0 Å². The quantitative estimate of drug-likeness (QED) is 0.610. The lowest BCUT2D eigenvalue weighted by atomic mass is 9.89. The maximum Gasteiger partial charge on any atom is 0.0801 e. The van der Waals surface area contributed by atoms with Crippen molar-refractivity contribution in [1.82, 2.24) is 0 Å². The lowest BCUT2D eigenvalue weighted by molar-refractivity contribution is 0.142. The van der Waals surface area contributed by atoms with Crippen LogP contribution in [-0.2, 0) is 4.74 Å². The third-order valence-electron chi connectivity index (χ3n) is 3.36. The van der Waals surface area contributed by atoms with Gasteiger partial charge >= 0.3 is 0 Å². The second-order valence-electron chi connectivity index (χ2n) is 4.64. The lowest BCUT2D eigenvalue weighted by Gasteiger charge is -2.16. The summed E-state index contributed by atoms with van der Waals surface area (Å²) in [6.45, 7) is 0. The monoisotopic (exact) mass is 216 g/mol. The van der Waals surface area contributed by atoms with Crippen LogP contribution in [0.5, 0.6) is 0 Å². The van der Waals surface area contributed by atoms with Crippen LogP contribution < -0.4 is 0 Å². The molecule has 0 aliphatic heterocycles. The first-order valence-electron chi connectivity index (χ1n) is 6.31. The molecule has 86 valence electrons. The van der Waals surface area contributed by atoms with Crippen molar-refractivity contribution >= 4 is 0 Å². The summed E-state index contributed by atoms with van der Waals surface area (Å²) in [6, 6.07) is 0. The van der Waals surface area contributed by atoms with E-state index in [1.165, 1.54) is 32.1 Å². The summed E-state index contributed by atoms with van der Waals surface area (Å²) in [5, 5.41) is 0. The Kier molecular flexibility index (Phi) is 4.25. The molecule has 0 aromatic rings. The molecular formula is C15H20O. The molecule has 0 heterocycles. The van der Waals surface area contributed by atoms with Gasteiger partial charge in [-0.1, -0.05) is 43.3 Å². The van der Waals surface area contributed by atoms with E-state index in [0.717, 1.165) is 12.0 Å². The minimum Gasteiger partial charge on any atom is -0.377 e. The van der Waals surface area contributed by atoms with Gasteiger partial charge in [0.1, 0.15) is 0 Å². The average molecular weight is 216 g/mol. The van der Waals surface area contributed by atoms with Crippen LogP contribution in [0.25, 0.3) is 0 Å². The second-order valence-corrected chi connectivity index (χ2v) is 4.64. The predicted octanol–water partition coefficient (Wildman–Crippen LogP) is 3.47. The molecule has 0 aromatic heterocycles. The number of allylic oxidation sites excluding steroid dienone is 2. The first-order valence-corrected chi connectivity index (χ1v) is 6.31. The molecule has 2 aliphatic carbocycles. The summed E-state index contributed by atoms with van der Waals surface area (Å²) in [5.41, 5.74) is 1.13. The van der Waals surface area contributed by atoms with Crippen molar-refractivity contribution in [3.63, 3.8) is 0 Å². The highest BCUT2D eigenvalue weighted by molar-refractivity contribution is 5.41. The molecule has 1 fully saturated rings. The maximum atomic E-state index is 5.32. The Balaban J connectivity index is 1.95. The molecule has 2 rings (SSSR count). The van der Waals surface area contributed by atoms with Crippen LogP contribution in [0.2, 0.25) is 0 Å². The zero-order valence-corrected chi connectivity index (χ0v) is 10.0. The van der Waals surface area contributed by atoms with Crippen molar-refractivity contribution in [2.75, 3.05) is 7.11 Å². The van der Waals surface area contributed by atoms with Gasteiger partial charge in [-0.2, -0.15) is 0 Å². The Morgan fingerprint density at radius 2 is 2.06 bits per heavy atom. The summed E-state index contributed by atoms with van der Waals surface area (Å²) in [6.07, 6.45) is 14.3. The average Bonchev–Trinajstić information content (AvgIpc) is 2.38. The minimum absolute atomic E-state index is 0.223. The van der Waals surface area contributed by atoms with E-state index in [0.29, 0.717) is 5.92 Å². The van der Waals surface area contributed by atoms with Gasteiger partial charge < -0.3 is 4.74 Å². The largest absolute Gasteiger partial charge is 0.377 e. The number of ether oxygens (including phenoxy) is 1. The predicted molar refractivity (Wildman–Crippen MR) is 67.0 cm³/mol. The molecule has 1 unspecified atom stereocenters.